The Morgan fingerprint density at radius 3 is 2.26 bits per heavy atom. The molecule has 0 bridgehead atoms. The van der Waals surface area contributed by atoms with E-state index >= 15 is 0 Å². The number of benzene rings is 2. The van der Waals surface area contributed by atoms with E-state index < -0.39 is 0 Å². The average molecular weight is 363 g/mol. The van der Waals surface area contributed by atoms with Gasteiger partial charge in [-0.2, -0.15) is 5.26 Å². The SMILES string of the molecule is CC(C)Oc1ccc(NC(=O)C2CC2C(=O)Nc2cccc(C#N)c2)cc1. The topological polar surface area (TPSA) is 91.2 Å². The van der Waals surface area contributed by atoms with Crippen LogP contribution in [-0.2, 0) is 9.59 Å². The van der Waals surface area contributed by atoms with Gasteiger partial charge in [0.25, 0.3) is 0 Å². The number of hydrogen-bond donors (Lipinski definition) is 2. The van der Waals surface area contributed by atoms with Crippen molar-refractivity contribution in [2.45, 2.75) is 26.4 Å². The largest absolute Gasteiger partial charge is 0.491 e. The minimum absolute atomic E-state index is 0.0880. The molecule has 2 amide bonds. The van der Waals surface area contributed by atoms with Crippen LogP contribution in [0.15, 0.2) is 48.5 Å². The monoisotopic (exact) mass is 363 g/mol. The molecule has 138 valence electrons. The highest BCUT2D eigenvalue weighted by Crippen LogP contribution is 2.40. The van der Waals surface area contributed by atoms with Crippen molar-refractivity contribution < 1.29 is 14.3 Å². The number of anilines is 2. The van der Waals surface area contributed by atoms with Gasteiger partial charge in [-0.15, -0.1) is 0 Å². The molecule has 27 heavy (non-hydrogen) atoms. The molecular weight excluding hydrogens is 342 g/mol. The van der Waals surface area contributed by atoms with E-state index in [9.17, 15) is 9.59 Å². The van der Waals surface area contributed by atoms with Gasteiger partial charge < -0.3 is 15.4 Å². The van der Waals surface area contributed by atoms with E-state index in [1.165, 1.54) is 0 Å². The van der Waals surface area contributed by atoms with Crippen LogP contribution >= 0.6 is 0 Å². The Balaban J connectivity index is 1.52. The molecule has 2 aromatic carbocycles. The van der Waals surface area contributed by atoms with Crippen molar-refractivity contribution in [2.24, 2.45) is 11.8 Å². The zero-order valence-corrected chi connectivity index (χ0v) is 15.2. The normalized spacial score (nSPS) is 17.7. The van der Waals surface area contributed by atoms with Gasteiger partial charge in [0.1, 0.15) is 5.75 Å². The summed E-state index contributed by atoms with van der Waals surface area (Å²) in [6.45, 7) is 3.90. The van der Waals surface area contributed by atoms with Gasteiger partial charge in [0.2, 0.25) is 11.8 Å². The quantitative estimate of drug-likeness (QED) is 0.821. The molecule has 1 aliphatic carbocycles. The lowest BCUT2D eigenvalue weighted by molar-refractivity contribution is -0.122. The first-order valence-corrected chi connectivity index (χ1v) is 8.85. The van der Waals surface area contributed by atoms with Crippen LogP contribution in [0.3, 0.4) is 0 Å². The Hall–Kier alpha value is -3.33. The number of amides is 2. The summed E-state index contributed by atoms with van der Waals surface area (Å²) in [6, 6.07) is 15.9. The third kappa shape index (κ3) is 4.85. The summed E-state index contributed by atoms with van der Waals surface area (Å²) in [5.41, 5.74) is 1.71. The Kier molecular flexibility index (Phi) is 5.41. The highest BCUT2D eigenvalue weighted by Gasteiger charge is 2.48. The van der Waals surface area contributed by atoms with Crippen molar-refractivity contribution in [2.75, 3.05) is 10.6 Å². The molecule has 6 heteroatoms. The van der Waals surface area contributed by atoms with Crippen LogP contribution in [0.5, 0.6) is 5.75 Å². The van der Waals surface area contributed by atoms with Gasteiger partial charge in [0.15, 0.2) is 0 Å². The molecule has 1 saturated carbocycles. The summed E-state index contributed by atoms with van der Waals surface area (Å²) >= 11 is 0. The molecule has 1 fully saturated rings. The second-order valence-electron chi connectivity index (χ2n) is 6.81. The second-order valence-corrected chi connectivity index (χ2v) is 6.81. The van der Waals surface area contributed by atoms with Crippen molar-refractivity contribution in [3.05, 3.63) is 54.1 Å². The molecule has 2 N–H and O–H groups in total. The van der Waals surface area contributed by atoms with E-state index in [4.69, 9.17) is 10.00 Å². The first-order chi connectivity index (χ1) is 13.0. The molecule has 0 spiro atoms. The molecule has 1 aliphatic rings. The number of carbonyl (C=O) groups excluding carboxylic acids is 2. The fourth-order valence-corrected chi connectivity index (χ4v) is 2.80. The third-order valence-corrected chi connectivity index (χ3v) is 4.22. The average Bonchev–Trinajstić information content (AvgIpc) is 3.44. The third-order valence-electron chi connectivity index (χ3n) is 4.22. The molecule has 2 atom stereocenters. The fourth-order valence-electron chi connectivity index (χ4n) is 2.80. The van der Waals surface area contributed by atoms with Crippen molar-refractivity contribution in [1.82, 2.24) is 0 Å². The smallest absolute Gasteiger partial charge is 0.228 e. The summed E-state index contributed by atoms with van der Waals surface area (Å²) in [5.74, 6) is -0.314. The molecule has 0 heterocycles. The van der Waals surface area contributed by atoms with Crippen LogP contribution in [0.1, 0.15) is 25.8 Å². The van der Waals surface area contributed by atoms with Crippen LogP contribution in [-0.4, -0.2) is 17.9 Å². The highest BCUT2D eigenvalue weighted by molar-refractivity contribution is 6.03. The zero-order valence-electron chi connectivity index (χ0n) is 15.2. The highest BCUT2D eigenvalue weighted by atomic mass is 16.5. The predicted octanol–water partition coefficient (Wildman–Crippen LogP) is 3.56. The lowest BCUT2D eigenvalue weighted by Gasteiger charge is -2.10. The van der Waals surface area contributed by atoms with E-state index in [1.807, 2.05) is 19.9 Å². The van der Waals surface area contributed by atoms with Crippen molar-refractivity contribution in [1.29, 1.82) is 5.26 Å². The lowest BCUT2D eigenvalue weighted by Crippen LogP contribution is -2.20. The molecule has 0 radical (unpaired) electrons. The fraction of sp³-hybridized carbons (Fsp3) is 0.286. The molecular formula is C21H21N3O3. The summed E-state index contributed by atoms with van der Waals surface area (Å²) in [5, 5.41) is 14.5. The van der Waals surface area contributed by atoms with Crippen molar-refractivity contribution in [3.63, 3.8) is 0 Å². The van der Waals surface area contributed by atoms with Gasteiger partial charge in [-0.3, -0.25) is 9.59 Å². The first-order valence-electron chi connectivity index (χ1n) is 8.85. The van der Waals surface area contributed by atoms with Crippen LogP contribution < -0.4 is 15.4 Å². The van der Waals surface area contributed by atoms with Crippen LogP contribution in [0, 0.1) is 23.2 Å². The predicted molar refractivity (Wildman–Crippen MR) is 102 cm³/mol. The molecule has 3 rings (SSSR count). The van der Waals surface area contributed by atoms with Gasteiger partial charge in [0.05, 0.1) is 29.6 Å². The molecule has 2 unspecified atom stereocenters. The van der Waals surface area contributed by atoms with Gasteiger partial charge >= 0.3 is 0 Å². The van der Waals surface area contributed by atoms with E-state index in [-0.39, 0.29) is 29.8 Å². The number of nitrogens with zero attached hydrogens (tertiary/aromatic N) is 1. The number of rotatable bonds is 6. The first kappa shape index (κ1) is 18.5. The number of nitriles is 1. The van der Waals surface area contributed by atoms with Gasteiger partial charge in [0, 0.05) is 11.4 Å². The summed E-state index contributed by atoms with van der Waals surface area (Å²) < 4.78 is 5.57. The number of nitrogens with one attached hydrogen (secondary N) is 2. The summed E-state index contributed by atoms with van der Waals surface area (Å²) in [4.78, 5) is 24.6. The van der Waals surface area contributed by atoms with Gasteiger partial charge in [-0.05, 0) is 62.7 Å². The standard InChI is InChI=1S/C21H21N3O3/c1-13(2)27-17-8-6-15(7-9-17)23-20(25)18-11-19(18)21(26)24-16-5-3-4-14(10-16)12-22/h3-10,13,18-19H,11H2,1-2H3,(H,23,25)(H,24,26). The molecule has 2 aromatic rings. The molecule has 0 aliphatic heterocycles. The zero-order chi connectivity index (χ0) is 19.4. The molecule has 0 saturated heterocycles. The van der Waals surface area contributed by atoms with Gasteiger partial charge in [-0.1, -0.05) is 6.07 Å². The Morgan fingerprint density at radius 1 is 1.04 bits per heavy atom. The molecule has 6 nitrogen and oxygen atoms in total. The van der Waals surface area contributed by atoms with Crippen LogP contribution in [0.25, 0.3) is 0 Å². The van der Waals surface area contributed by atoms with Gasteiger partial charge in [-0.25, -0.2) is 0 Å². The lowest BCUT2D eigenvalue weighted by atomic mass is 10.2. The van der Waals surface area contributed by atoms with E-state index in [2.05, 4.69) is 10.6 Å². The maximum Gasteiger partial charge on any atom is 0.228 e. The summed E-state index contributed by atoms with van der Waals surface area (Å²) in [6.07, 6.45) is 0.606. The number of carbonyl (C=O) groups is 2. The Morgan fingerprint density at radius 2 is 1.67 bits per heavy atom. The maximum absolute atomic E-state index is 12.3. The van der Waals surface area contributed by atoms with E-state index in [0.29, 0.717) is 23.4 Å². The number of hydrogen-bond acceptors (Lipinski definition) is 4. The minimum Gasteiger partial charge on any atom is -0.491 e. The second kappa shape index (κ2) is 7.92. The Bertz CT molecular complexity index is 884. The molecule has 0 aromatic heterocycles. The van der Waals surface area contributed by atoms with E-state index in [0.717, 1.165) is 5.75 Å². The van der Waals surface area contributed by atoms with E-state index in [1.54, 1.807) is 48.5 Å². The minimum atomic E-state index is -0.348. The summed E-state index contributed by atoms with van der Waals surface area (Å²) in [7, 11) is 0. The Labute approximate surface area is 158 Å². The number of ether oxygens (including phenoxy) is 1. The van der Waals surface area contributed by atoms with Crippen molar-refractivity contribution >= 4 is 23.2 Å². The van der Waals surface area contributed by atoms with Crippen molar-refractivity contribution in [3.8, 4) is 11.8 Å². The van der Waals surface area contributed by atoms with Crippen LogP contribution in [0.4, 0.5) is 11.4 Å². The van der Waals surface area contributed by atoms with Crippen LogP contribution in [0.2, 0.25) is 0 Å². The maximum atomic E-state index is 12.3.